The van der Waals surface area contributed by atoms with Gasteiger partial charge in [-0.3, -0.25) is 4.68 Å². The number of ether oxygens (including phenoxy) is 1. The van der Waals surface area contributed by atoms with Crippen molar-refractivity contribution in [3.05, 3.63) is 41.0 Å². The van der Waals surface area contributed by atoms with Gasteiger partial charge in [-0.15, -0.1) is 0 Å². The van der Waals surface area contributed by atoms with Crippen molar-refractivity contribution in [1.82, 2.24) is 24.7 Å². The number of morpholine rings is 1. The minimum Gasteiger partial charge on any atom is -0.370 e. The second kappa shape index (κ2) is 8.23. The summed E-state index contributed by atoms with van der Waals surface area (Å²) >= 11 is 0. The number of hydrogen-bond donors (Lipinski definition) is 0. The van der Waals surface area contributed by atoms with E-state index in [0.717, 1.165) is 36.0 Å². The molecule has 5 rings (SSSR count). The van der Waals surface area contributed by atoms with Crippen LogP contribution in [0.25, 0.3) is 11.0 Å². The molecule has 0 aromatic carbocycles. The molecule has 8 nitrogen and oxygen atoms in total. The smallest absolute Gasteiger partial charge is 0.227 e. The van der Waals surface area contributed by atoms with Crippen LogP contribution in [0.2, 0.25) is 0 Å². The Bertz CT molecular complexity index is 1140. The van der Waals surface area contributed by atoms with Crippen molar-refractivity contribution < 1.29 is 4.74 Å². The van der Waals surface area contributed by atoms with Gasteiger partial charge in [0.25, 0.3) is 0 Å². The van der Waals surface area contributed by atoms with E-state index < -0.39 is 0 Å². The average molecular weight is 418 g/mol. The van der Waals surface area contributed by atoms with E-state index in [9.17, 15) is 5.26 Å². The largest absolute Gasteiger partial charge is 0.370 e. The third-order valence-electron chi connectivity index (χ3n) is 6.45. The zero-order valence-electron chi connectivity index (χ0n) is 18.1. The molecule has 8 heteroatoms. The summed E-state index contributed by atoms with van der Waals surface area (Å²) in [4.78, 5) is 16.8. The van der Waals surface area contributed by atoms with Gasteiger partial charge in [-0.05, 0) is 25.8 Å². The van der Waals surface area contributed by atoms with Crippen LogP contribution in [0.15, 0.2) is 18.5 Å². The molecule has 1 unspecified atom stereocenters. The minimum atomic E-state index is -0.0597. The lowest BCUT2D eigenvalue weighted by Crippen LogP contribution is -2.39. The van der Waals surface area contributed by atoms with Crippen LogP contribution in [-0.4, -0.2) is 44.4 Å². The minimum absolute atomic E-state index is 0.0597. The number of rotatable bonds is 3. The van der Waals surface area contributed by atoms with Crippen LogP contribution in [-0.2, 0) is 11.8 Å². The second-order valence-corrected chi connectivity index (χ2v) is 8.60. The summed E-state index contributed by atoms with van der Waals surface area (Å²) in [7, 11) is 1.91. The topological polar surface area (TPSA) is 92.8 Å². The van der Waals surface area contributed by atoms with E-state index in [-0.39, 0.29) is 6.10 Å². The first kappa shape index (κ1) is 19.9. The predicted molar refractivity (Wildman–Crippen MR) is 117 cm³/mol. The maximum Gasteiger partial charge on any atom is 0.227 e. The number of aryl methyl sites for hydroxylation is 2. The van der Waals surface area contributed by atoms with Crippen molar-refractivity contribution in [3.63, 3.8) is 0 Å². The zero-order valence-corrected chi connectivity index (χ0v) is 18.1. The summed E-state index contributed by atoms with van der Waals surface area (Å²) in [5.41, 5.74) is 4.11. The van der Waals surface area contributed by atoms with Gasteiger partial charge in [0.1, 0.15) is 12.2 Å². The number of pyridine rings is 1. The molecule has 3 aromatic rings. The van der Waals surface area contributed by atoms with E-state index in [2.05, 4.69) is 16.1 Å². The quantitative estimate of drug-likeness (QED) is 0.643. The van der Waals surface area contributed by atoms with Crippen LogP contribution in [0.1, 0.15) is 66.6 Å². The lowest BCUT2D eigenvalue weighted by atomic mass is 9.85. The summed E-state index contributed by atoms with van der Waals surface area (Å²) in [5.74, 6) is 1.10. The predicted octanol–water partition coefficient (Wildman–Crippen LogP) is 3.56. The molecule has 2 fully saturated rings. The lowest BCUT2D eigenvalue weighted by molar-refractivity contribution is 0.0392. The zero-order chi connectivity index (χ0) is 21.4. The van der Waals surface area contributed by atoms with Gasteiger partial charge in [-0.2, -0.15) is 15.3 Å². The van der Waals surface area contributed by atoms with Crippen LogP contribution in [0.4, 0.5) is 5.95 Å². The molecule has 160 valence electrons. The van der Waals surface area contributed by atoms with E-state index in [1.807, 2.05) is 32.4 Å². The highest BCUT2D eigenvalue weighted by molar-refractivity contribution is 5.81. The Morgan fingerprint density at radius 3 is 2.74 bits per heavy atom. The Labute approximate surface area is 181 Å². The summed E-state index contributed by atoms with van der Waals surface area (Å²) in [6, 6.07) is 4.20. The molecule has 1 saturated carbocycles. The Morgan fingerprint density at radius 2 is 2.00 bits per heavy atom. The molecule has 31 heavy (non-hydrogen) atoms. The highest BCUT2D eigenvalue weighted by Gasteiger charge is 2.28. The molecule has 2 aliphatic rings. The van der Waals surface area contributed by atoms with Gasteiger partial charge < -0.3 is 9.64 Å². The molecule has 1 atom stereocenters. The van der Waals surface area contributed by atoms with Gasteiger partial charge in [0, 0.05) is 36.7 Å². The van der Waals surface area contributed by atoms with E-state index >= 15 is 0 Å². The average Bonchev–Trinajstić information content (AvgIpc) is 3.25. The fourth-order valence-corrected chi connectivity index (χ4v) is 4.73. The number of anilines is 1. The summed E-state index contributed by atoms with van der Waals surface area (Å²) < 4.78 is 7.81. The van der Waals surface area contributed by atoms with Crippen molar-refractivity contribution in [3.8, 4) is 6.07 Å². The van der Waals surface area contributed by atoms with Gasteiger partial charge in [0.05, 0.1) is 36.3 Å². The Morgan fingerprint density at radius 1 is 1.16 bits per heavy atom. The number of fused-ring (bicyclic) bond motifs is 1. The van der Waals surface area contributed by atoms with Crippen LogP contribution in [0, 0.1) is 18.3 Å². The number of aromatic nitrogens is 5. The normalized spacial score (nSPS) is 20.2. The maximum atomic E-state index is 9.52. The Kier molecular flexibility index (Phi) is 5.28. The summed E-state index contributed by atoms with van der Waals surface area (Å²) in [6.45, 7) is 3.89. The van der Waals surface area contributed by atoms with E-state index in [0.29, 0.717) is 41.9 Å². The number of hydrogen-bond acceptors (Lipinski definition) is 7. The van der Waals surface area contributed by atoms with Gasteiger partial charge in [0.15, 0.2) is 5.65 Å². The third-order valence-corrected chi connectivity index (χ3v) is 6.45. The monoisotopic (exact) mass is 417 g/mol. The molecule has 1 saturated heterocycles. The van der Waals surface area contributed by atoms with E-state index in [1.54, 1.807) is 4.68 Å². The molecule has 0 radical (unpaired) electrons. The van der Waals surface area contributed by atoms with Crippen molar-refractivity contribution in [1.29, 1.82) is 5.26 Å². The van der Waals surface area contributed by atoms with Crippen LogP contribution < -0.4 is 4.90 Å². The summed E-state index contributed by atoms with van der Waals surface area (Å²) in [6.07, 6.45) is 9.77. The molecule has 4 heterocycles. The highest BCUT2D eigenvalue weighted by atomic mass is 16.5. The second-order valence-electron chi connectivity index (χ2n) is 8.60. The van der Waals surface area contributed by atoms with Crippen molar-refractivity contribution in [2.24, 2.45) is 7.05 Å². The highest BCUT2D eigenvalue weighted by Crippen LogP contribution is 2.36. The van der Waals surface area contributed by atoms with Gasteiger partial charge in [0.2, 0.25) is 5.95 Å². The molecular weight excluding hydrogens is 390 g/mol. The lowest BCUT2D eigenvalue weighted by Gasteiger charge is -2.33. The Balaban J connectivity index is 1.56. The van der Waals surface area contributed by atoms with E-state index in [4.69, 9.17) is 19.7 Å². The fourth-order valence-electron chi connectivity index (χ4n) is 4.73. The fraction of sp³-hybridized carbons (Fsp3) is 0.522. The molecule has 0 amide bonds. The van der Waals surface area contributed by atoms with Crippen LogP contribution in [0.3, 0.4) is 0 Å². The van der Waals surface area contributed by atoms with Crippen molar-refractivity contribution in [2.75, 3.05) is 24.6 Å². The van der Waals surface area contributed by atoms with Crippen LogP contribution in [0.5, 0.6) is 0 Å². The molecular formula is C23H27N7O. The maximum absolute atomic E-state index is 9.52. The first-order chi connectivity index (χ1) is 15.1. The van der Waals surface area contributed by atoms with Crippen molar-refractivity contribution >= 4 is 17.0 Å². The first-order valence-electron chi connectivity index (χ1n) is 11.1. The summed E-state index contributed by atoms with van der Waals surface area (Å²) in [5, 5.41) is 14.7. The standard InChI is InChI=1S/C23H27N7O/c1-15-17(11-24)10-19-21(16-6-4-3-5-7-16)27-23(28-22(19)26-15)30-8-9-31-20(14-30)18-12-25-29(2)13-18/h10,12-13,16,20H,3-9,14H2,1-2H3. The third kappa shape index (κ3) is 3.86. The van der Waals surface area contributed by atoms with E-state index in [1.165, 1.54) is 19.3 Å². The van der Waals surface area contributed by atoms with Crippen LogP contribution >= 0.6 is 0 Å². The van der Waals surface area contributed by atoms with Crippen molar-refractivity contribution in [2.45, 2.75) is 51.0 Å². The molecule has 1 aliphatic carbocycles. The SMILES string of the molecule is Cc1nc2nc(N3CCOC(c4cnn(C)c4)C3)nc(C3CCCCC3)c2cc1C#N. The number of nitriles is 1. The number of nitrogens with zero attached hydrogens (tertiary/aromatic N) is 7. The first-order valence-corrected chi connectivity index (χ1v) is 11.1. The molecule has 0 spiro atoms. The molecule has 3 aromatic heterocycles. The molecule has 0 bridgehead atoms. The van der Waals surface area contributed by atoms with Gasteiger partial charge in [-0.25, -0.2) is 9.97 Å². The van der Waals surface area contributed by atoms with Gasteiger partial charge >= 0.3 is 0 Å². The Hall–Kier alpha value is -3.05. The van der Waals surface area contributed by atoms with Gasteiger partial charge in [-0.1, -0.05) is 19.3 Å². The molecule has 1 aliphatic heterocycles. The molecule has 0 N–H and O–H groups in total.